The molecule has 4 aromatic rings. The number of amides is 1. The molecule has 3 aromatic carbocycles. The predicted molar refractivity (Wildman–Crippen MR) is 119 cm³/mol. The lowest BCUT2D eigenvalue weighted by atomic mass is 9.98. The van der Waals surface area contributed by atoms with E-state index in [1.54, 1.807) is 18.3 Å². The van der Waals surface area contributed by atoms with Gasteiger partial charge in [0.15, 0.2) is 0 Å². The maximum atomic E-state index is 13.9. The molecule has 4 rings (SSSR count). The number of benzene rings is 3. The molecule has 0 spiro atoms. The number of rotatable bonds is 5. The van der Waals surface area contributed by atoms with E-state index in [9.17, 15) is 13.6 Å². The van der Waals surface area contributed by atoms with Gasteiger partial charge in [-0.3, -0.25) is 4.79 Å². The van der Waals surface area contributed by atoms with Gasteiger partial charge in [-0.1, -0.05) is 24.3 Å². The minimum Gasteiger partial charge on any atom is -0.445 e. The molecule has 0 aliphatic rings. The molecular weight excluding hydrogens is 418 g/mol. The standard InChI is InChI=1S/C24H18F2N2O2S/c1-14-2-3-16(24-27-10-11-30-24)12-20(14)15-4-7-18(8-5-15)28-23(29)22(31)19-9-6-17(25)13-21(19)26/h2-13,22,31H,1H3,(H,28,29). The van der Waals surface area contributed by atoms with Crippen LogP contribution in [0.15, 0.2) is 77.5 Å². The smallest absolute Gasteiger partial charge is 0.241 e. The van der Waals surface area contributed by atoms with Crippen LogP contribution in [0.4, 0.5) is 14.5 Å². The molecule has 1 amide bonds. The van der Waals surface area contributed by atoms with Crippen LogP contribution in [0.25, 0.3) is 22.6 Å². The van der Waals surface area contributed by atoms with Crippen LogP contribution in [0.3, 0.4) is 0 Å². The van der Waals surface area contributed by atoms with Crippen LogP contribution in [0.1, 0.15) is 16.4 Å². The van der Waals surface area contributed by atoms with Gasteiger partial charge in [-0.05, 0) is 53.9 Å². The maximum absolute atomic E-state index is 13.9. The summed E-state index contributed by atoms with van der Waals surface area (Å²) in [4.78, 5) is 16.7. The summed E-state index contributed by atoms with van der Waals surface area (Å²) in [6.45, 7) is 2.01. The van der Waals surface area contributed by atoms with Crippen molar-refractivity contribution in [3.8, 4) is 22.6 Å². The summed E-state index contributed by atoms with van der Waals surface area (Å²) in [6, 6.07) is 16.2. The van der Waals surface area contributed by atoms with Crippen molar-refractivity contribution in [2.45, 2.75) is 12.2 Å². The molecule has 0 saturated carbocycles. The fourth-order valence-electron chi connectivity index (χ4n) is 3.24. The van der Waals surface area contributed by atoms with E-state index >= 15 is 0 Å². The van der Waals surface area contributed by atoms with Crippen LogP contribution in [0, 0.1) is 18.6 Å². The number of oxazole rings is 1. The summed E-state index contributed by atoms with van der Waals surface area (Å²) >= 11 is 4.19. The number of nitrogens with one attached hydrogen (secondary N) is 1. The zero-order valence-electron chi connectivity index (χ0n) is 16.5. The minimum absolute atomic E-state index is 0.0119. The molecule has 0 bridgehead atoms. The Labute approximate surface area is 183 Å². The molecule has 1 aromatic heterocycles. The van der Waals surface area contributed by atoms with Gasteiger partial charge in [0.2, 0.25) is 11.8 Å². The van der Waals surface area contributed by atoms with Crippen molar-refractivity contribution in [3.05, 3.63) is 95.9 Å². The second-order valence-electron chi connectivity index (χ2n) is 7.00. The summed E-state index contributed by atoms with van der Waals surface area (Å²) < 4.78 is 32.4. The highest BCUT2D eigenvalue weighted by Gasteiger charge is 2.20. The van der Waals surface area contributed by atoms with E-state index in [-0.39, 0.29) is 5.56 Å². The van der Waals surface area contributed by atoms with Gasteiger partial charge in [-0.25, -0.2) is 13.8 Å². The lowest BCUT2D eigenvalue weighted by Crippen LogP contribution is -2.18. The molecule has 0 saturated heterocycles. The molecule has 1 atom stereocenters. The molecule has 1 unspecified atom stereocenters. The molecule has 0 radical (unpaired) electrons. The number of nitrogens with zero attached hydrogens (tertiary/aromatic N) is 1. The van der Waals surface area contributed by atoms with Gasteiger partial charge in [0.1, 0.15) is 23.1 Å². The van der Waals surface area contributed by atoms with Crippen molar-refractivity contribution in [2.24, 2.45) is 0 Å². The molecule has 156 valence electrons. The van der Waals surface area contributed by atoms with Crippen LogP contribution in [-0.4, -0.2) is 10.9 Å². The number of thiol groups is 1. The third-order valence-corrected chi connectivity index (χ3v) is 5.40. The number of aromatic nitrogens is 1. The first kappa shape index (κ1) is 20.8. The zero-order valence-corrected chi connectivity index (χ0v) is 17.4. The summed E-state index contributed by atoms with van der Waals surface area (Å²) in [5.41, 5.74) is 4.45. The third-order valence-electron chi connectivity index (χ3n) is 4.89. The first-order valence-corrected chi connectivity index (χ1v) is 9.99. The van der Waals surface area contributed by atoms with Gasteiger partial charge < -0.3 is 9.73 Å². The highest BCUT2D eigenvalue weighted by atomic mass is 32.1. The number of aryl methyl sites for hydroxylation is 1. The van der Waals surface area contributed by atoms with Crippen molar-refractivity contribution < 1.29 is 18.0 Å². The van der Waals surface area contributed by atoms with E-state index < -0.39 is 22.8 Å². The summed E-state index contributed by atoms with van der Waals surface area (Å²) in [7, 11) is 0. The van der Waals surface area contributed by atoms with Crippen LogP contribution in [0.5, 0.6) is 0 Å². The maximum Gasteiger partial charge on any atom is 0.241 e. The number of carbonyl (C=O) groups is 1. The summed E-state index contributed by atoms with van der Waals surface area (Å²) in [5, 5.41) is 1.64. The normalized spacial score (nSPS) is 11.9. The van der Waals surface area contributed by atoms with Crippen LogP contribution < -0.4 is 5.32 Å². The van der Waals surface area contributed by atoms with E-state index in [1.807, 2.05) is 37.3 Å². The molecule has 1 N–H and O–H groups in total. The predicted octanol–water partition coefficient (Wildman–Crippen LogP) is 6.20. The highest BCUT2D eigenvalue weighted by Crippen LogP contribution is 2.30. The molecule has 0 aliphatic heterocycles. The average Bonchev–Trinajstić information content (AvgIpc) is 3.29. The number of hydrogen-bond donors (Lipinski definition) is 2. The largest absolute Gasteiger partial charge is 0.445 e. The van der Waals surface area contributed by atoms with E-state index in [0.29, 0.717) is 11.6 Å². The van der Waals surface area contributed by atoms with Crippen molar-refractivity contribution in [1.82, 2.24) is 4.98 Å². The van der Waals surface area contributed by atoms with Crippen molar-refractivity contribution in [1.29, 1.82) is 0 Å². The Hall–Kier alpha value is -3.45. The SMILES string of the molecule is Cc1ccc(-c2ncco2)cc1-c1ccc(NC(=O)C(S)c2ccc(F)cc2F)cc1. The lowest BCUT2D eigenvalue weighted by Gasteiger charge is -2.14. The van der Waals surface area contributed by atoms with Gasteiger partial charge in [0.05, 0.1) is 6.20 Å². The molecule has 7 heteroatoms. The van der Waals surface area contributed by atoms with Gasteiger partial charge in [0, 0.05) is 22.9 Å². The van der Waals surface area contributed by atoms with Crippen molar-refractivity contribution in [2.75, 3.05) is 5.32 Å². The summed E-state index contributed by atoms with van der Waals surface area (Å²) in [5.74, 6) is -1.49. The van der Waals surface area contributed by atoms with E-state index in [4.69, 9.17) is 4.42 Å². The number of halogens is 2. The highest BCUT2D eigenvalue weighted by molar-refractivity contribution is 7.81. The Morgan fingerprint density at radius 3 is 2.45 bits per heavy atom. The Kier molecular flexibility index (Phi) is 5.86. The Balaban J connectivity index is 1.52. The number of carbonyl (C=O) groups excluding carboxylic acids is 1. The molecular formula is C24H18F2N2O2S. The third kappa shape index (κ3) is 4.51. The second-order valence-corrected chi connectivity index (χ2v) is 7.52. The fourth-order valence-corrected chi connectivity index (χ4v) is 3.51. The first-order valence-electron chi connectivity index (χ1n) is 9.47. The quantitative estimate of drug-likeness (QED) is 0.366. The topological polar surface area (TPSA) is 55.1 Å². The first-order chi connectivity index (χ1) is 14.9. The Bertz CT molecular complexity index is 1230. The van der Waals surface area contributed by atoms with Gasteiger partial charge in [-0.2, -0.15) is 12.6 Å². The lowest BCUT2D eigenvalue weighted by molar-refractivity contribution is -0.115. The van der Waals surface area contributed by atoms with Crippen LogP contribution >= 0.6 is 12.6 Å². The van der Waals surface area contributed by atoms with Crippen LogP contribution in [-0.2, 0) is 4.79 Å². The van der Waals surface area contributed by atoms with Crippen LogP contribution in [0.2, 0.25) is 0 Å². The molecule has 1 heterocycles. The number of anilines is 1. The molecule has 4 nitrogen and oxygen atoms in total. The minimum atomic E-state index is -1.07. The average molecular weight is 436 g/mol. The monoisotopic (exact) mass is 436 g/mol. The second kappa shape index (κ2) is 8.73. The molecule has 0 fully saturated rings. The van der Waals surface area contributed by atoms with Crippen molar-refractivity contribution in [3.63, 3.8) is 0 Å². The Morgan fingerprint density at radius 1 is 1.03 bits per heavy atom. The Morgan fingerprint density at radius 2 is 1.77 bits per heavy atom. The number of hydrogen-bond acceptors (Lipinski definition) is 4. The van der Waals surface area contributed by atoms with E-state index in [1.165, 1.54) is 12.3 Å². The van der Waals surface area contributed by atoms with E-state index in [2.05, 4.69) is 22.9 Å². The van der Waals surface area contributed by atoms with Gasteiger partial charge >= 0.3 is 0 Å². The zero-order chi connectivity index (χ0) is 22.0. The molecule has 0 aliphatic carbocycles. The fraction of sp³-hybridized carbons (Fsp3) is 0.0833. The van der Waals surface area contributed by atoms with E-state index in [0.717, 1.165) is 34.4 Å². The molecule has 31 heavy (non-hydrogen) atoms. The summed E-state index contributed by atoms with van der Waals surface area (Å²) in [6.07, 6.45) is 3.12. The van der Waals surface area contributed by atoms with Gasteiger partial charge in [0.25, 0.3) is 0 Å². The van der Waals surface area contributed by atoms with Gasteiger partial charge in [-0.15, -0.1) is 0 Å². The van der Waals surface area contributed by atoms with Crippen molar-refractivity contribution >= 4 is 24.2 Å².